The first-order valence-corrected chi connectivity index (χ1v) is 23.9. The van der Waals surface area contributed by atoms with E-state index in [1.165, 1.54) is 33.4 Å². The molecule has 0 bridgehead atoms. The van der Waals surface area contributed by atoms with Crippen molar-refractivity contribution in [2.45, 2.75) is 28.1 Å². The van der Waals surface area contributed by atoms with Gasteiger partial charge in [0.2, 0.25) is 0 Å². The zero-order valence-electron chi connectivity index (χ0n) is 14.8. The van der Waals surface area contributed by atoms with E-state index in [4.69, 9.17) is 17.2 Å². The van der Waals surface area contributed by atoms with Crippen molar-refractivity contribution in [2.24, 2.45) is 0 Å². The molecule has 2 unspecified atom stereocenters. The van der Waals surface area contributed by atoms with Gasteiger partial charge in [-0.1, -0.05) is 0 Å². The van der Waals surface area contributed by atoms with Crippen LogP contribution in [0.1, 0.15) is 50.4 Å². The van der Waals surface area contributed by atoms with Crippen LogP contribution < -0.4 is 0 Å². The molecule has 0 aromatic heterocycles. The van der Waals surface area contributed by atoms with Crippen molar-refractivity contribution in [3.05, 3.63) is 82.9 Å². The van der Waals surface area contributed by atoms with Crippen molar-refractivity contribution >= 4 is 32.1 Å². The van der Waals surface area contributed by atoms with E-state index in [1.807, 2.05) is 0 Å². The molecule has 3 heteroatoms. The molecule has 0 saturated heterocycles. The first-order chi connectivity index (χ1) is 11.9. The summed E-state index contributed by atoms with van der Waals surface area (Å²) < 4.78 is 2.46. The Morgan fingerprint density at radius 3 is 1.56 bits per heavy atom. The van der Waals surface area contributed by atoms with Crippen LogP contribution in [0, 0.1) is 0 Å². The molecular formula is C22H22Cl2Hf. The summed E-state index contributed by atoms with van der Waals surface area (Å²) >= 11 is -4.51. The quantitative estimate of drug-likeness (QED) is 0.359. The third-order valence-corrected chi connectivity index (χ3v) is 33.2. The number of benzene rings is 2. The predicted molar refractivity (Wildman–Crippen MR) is 109 cm³/mol. The van der Waals surface area contributed by atoms with Gasteiger partial charge in [0.1, 0.15) is 0 Å². The van der Waals surface area contributed by atoms with Gasteiger partial charge >= 0.3 is 159 Å². The van der Waals surface area contributed by atoms with Crippen molar-refractivity contribution < 1.29 is 15.7 Å². The van der Waals surface area contributed by atoms with Crippen LogP contribution in [-0.4, -0.2) is 3.76 Å². The second kappa shape index (κ2) is 5.87. The van der Waals surface area contributed by atoms with Crippen molar-refractivity contribution in [3.8, 4) is 0 Å². The molecule has 2 aromatic rings. The molecule has 2 aromatic carbocycles. The van der Waals surface area contributed by atoms with E-state index >= 15 is 0 Å². The monoisotopic (exact) mass is 536 g/mol. The van der Waals surface area contributed by atoms with Gasteiger partial charge in [0, 0.05) is 0 Å². The third-order valence-electron chi connectivity index (χ3n) is 6.01. The summed E-state index contributed by atoms with van der Waals surface area (Å²) in [5.74, 6) is 0. The predicted octanol–water partition coefficient (Wildman–Crippen LogP) is 7.12. The third kappa shape index (κ3) is 2.46. The van der Waals surface area contributed by atoms with Crippen LogP contribution in [0.25, 0.3) is 11.1 Å². The SMILES string of the molecule is C[CH]=[Hf]([Cl])([Cl])([CH]1C=C(C)c2ccccc21)[CH]1C=C(C)c2ccccc21. The number of fused-ring (bicyclic) bond motifs is 2. The Kier molecular flexibility index (Phi) is 4.15. The van der Waals surface area contributed by atoms with E-state index in [0.717, 1.165) is 0 Å². The molecule has 0 fully saturated rings. The Morgan fingerprint density at radius 1 is 0.760 bits per heavy atom. The first-order valence-electron chi connectivity index (χ1n) is 8.80. The van der Waals surface area contributed by atoms with Crippen molar-refractivity contribution in [2.75, 3.05) is 0 Å². The van der Waals surface area contributed by atoms with Crippen LogP contribution in [0.3, 0.4) is 0 Å². The Bertz CT molecular complexity index is 931. The van der Waals surface area contributed by atoms with Gasteiger partial charge in [-0.25, -0.2) is 0 Å². The number of hydrogen-bond acceptors (Lipinski definition) is 0. The average molecular weight is 536 g/mol. The topological polar surface area (TPSA) is 0 Å². The van der Waals surface area contributed by atoms with Gasteiger partial charge in [-0.05, 0) is 0 Å². The van der Waals surface area contributed by atoms with E-state index in [-0.39, 0.29) is 7.35 Å². The Labute approximate surface area is 157 Å². The van der Waals surface area contributed by atoms with Gasteiger partial charge in [-0.2, -0.15) is 0 Å². The minimum absolute atomic E-state index is 0.127. The van der Waals surface area contributed by atoms with E-state index in [1.54, 1.807) is 0 Å². The van der Waals surface area contributed by atoms with Crippen LogP contribution in [-0.2, 0) is 15.7 Å². The van der Waals surface area contributed by atoms with Gasteiger partial charge in [0.15, 0.2) is 0 Å². The zero-order valence-corrected chi connectivity index (χ0v) is 19.9. The summed E-state index contributed by atoms with van der Waals surface area (Å²) in [5.41, 5.74) is 7.77. The molecule has 0 spiro atoms. The molecule has 128 valence electrons. The van der Waals surface area contributed by atoms with Crippen LogP contribution >= 0.6 is 17.2 Å². The number of halogens is 2. The number of allylic oxidation sites excluding steroid dienone is 4. The summed E-state index contributed by atoms with van der Waals surface area (Å²) in [4.78, 5) is 0. The zero-order chi connectivity index (χ0) is 17.8. The molecule has 25 heavy (non-hydrogen) atoms. The minimum atomic E-state index is -4.51. The number of rotatable bonds is 2. The molecule has 2 aliphatic carbocycles. The molecule has 0 amide bonds. The van der Waals surface area contributed by atoms with E-state index < -0.39 is 15.7 Å². The molecule has 0 aliphatic heterocycles. The van der Waals surface area contributed by atoms with Crippen LogP contribution in [0.15, 0.2) is 60.7 Å². The molecule has 0 saturated carbocycles. The average Bonchev–Trinajstić information content (AvgIpc) is 3.15. The molecule has 0 N–H and O–H groups in total. The molecule has 4 rings (SSSR count). The fraction of sp³-hybridized carbons (Fsp3) is 0.227. The Balaban J connectivity index is 1.97. The van der Waals surface area contributed by atoms with Crippen molar-refractivity contribution in [3.63, 3.8) is 0 Å². The van der Waals surface area contributed by atoms with Gasteiger partial charge in [-0.3, -0.25) is 0 Å². The molecule has 2 atom stereocenters. The van der Waals surface area contributed by atoms with Crippen LogP contribution in [0.5, 0.6) is 0 Å². The van der Waals surface area contributed by atoms with Crippen molar-refractivity contribution in [1.82, 2.24) is 0 Å². The van der Waals surface area contributed by atoms with Gasteiger partial charge in [0.25, 0.3) is 0 Å². The second-order valence-electron chi connectivity index (χ2n) is 7.34. The van der Waals surface area contributed by atoms with E-state index in [0.29, 0.717) is 0 Å². The summed E-state index contributed by atoms with van der Waals surface area (Å²) in [5, 5.41) is 0. The first kappa shape index (κ1) is 17.6. The summed E-state index contributed by atoms with van der Waals surface area (Å²) in [6, 6.07) is 17.2. The Hall–Kier alpha value is -0.760. The fourth-order valence-corrected chi connectivity index (χ4v) is 24.6. The van der Waals surface area contributed by atoms with Gasteiger partial charge < -0.3 is 0 Å². The van der Waals surface area contributed by atoms with Crippen LogP contribution in [0.2, 0.25) is 0 Å². The maximum atomic E-state index is 7.62. The Morgan fingerprint density at radius 2 is 1.16 bits per heavy atom. The fourth-order valence-electron chi connectivity index (χ4n) is 4.58. The van der Waals surface area contributed by atoms with Gasteiger partial charge in [0.05, 0.1) is 0 Å². The van der Waals surface area contributed by atoms with E-state index in [9.17, 15) is 0 Å². The number of hydrogen-bond donors (Lipinski definition) is 0. The molecule has 0 heterocycles. The molecule has 2 aliphatic rings. The summed E-state index contributed by atoms with van der Waals surface area (Å²) in [6.45, 7) is 6.41. The second-order valence-corrected chi connectivity index (χ2v) is 38.1. The molecular weight excluding hydrogens is 514 g/mol. The molecule has 0 radical (unpaired) electrons. The van der Waals surface area contributed by atoms with Crippen molar-refractivity contribution in [1.29, 1.82) is 0 Å². The van der Waals surface area contributed by atoms with Gasteiger partial charge in [-0.15, -0.1) is 0 Å². The summed E-state index contributed by atoms with van der Waals surface area (Å²) in [7, 11) is 15.2. The maximum absolute atomic E-state index is 7.62. The van der Waals surface area contributed by atoms with Crippen LogP contribution in [0.4, 0.5) is 0 Å². The summed E-state index contributed by atoms with van der Waals surface area (Å²) in [6.07, 6.45) is 4.65. The van der Waals surface area contributed by atoms with E-state index in [2.05, 4.69) is 85.2 Å². The standard InChI is InChI=1S/2C10H9.C2H4.2ClH.Hf/c2*1-8-6-7-9-4-2-3-5-10(8)9;1-2;;;/h2*2-7H,1H3;1H,2H3;2*1H;/q;;;;;+2/p-2. The molecule has 0 nitrogen and oxygen atoms in total. The normalized spacial score (nSPS) is 22.2.